The van der Waals surface area contributed by atoms with E-state index < -0.39 is 0 Å². The minimum absolute atomic E-state index is 0.207. The second kappa shape index (κ2) is 9.38. The van der Waals surface area contributed by atoms with Crippen molar-refractivity contribution in [3.63, 3.8) is 0 Å². The van der Waals surface area contributed by atoms with Crippen LogP contribution in [0.4, 0.5) is 0 Å². The average molecular weight is 371 g/mol. The third kappa shape index (κ3) is 5.33. The molecule has 138 valence electrons. The summed E-state index contributed by atoms with van der Waals surface area (Å²) in [6.07, 6.45) is 3.14. The third-order valence-corrected chi connectivity index (χ3v) is 5.51. The van der Waals surface area contributed by atoms with E-state index >= 15 is 0 Å². The molecule has 2 aromatic rings. The number of thiophene rings is 1. The molecule has 0 spiro atoms. The smallest absolute Gasteiger partial charge is 0.222 e. The molecule has 3 N–H and O–H groups in total. The molecule has 2 heterocycles. The highest BCUT2D eigenvalue weighted by atomic mass is 32.1. The number of nitrogens with one attached hydrogen (secondary N) is 1. The van der Waals surface area contributed by atoms with Gasteiger partial charge in [-0.2, -0.15) is 0 Å². The highest BCUT2D eigenvalue weighted by molar-refractivity contribution is 7.09. The number of guanidine groups is 1. The van der Waals surface area contributed by atoms with Gasteiger partial charge in [-0.1, -0.05) is 30.3 Å². The van der Waals surface area contributed by atoms with Crippen LogP contribution in [0, 0.1) is 0 Å². The lowest BCUT2D eigenvalue weighted by Crippen LogP contribution is -2.36. The van der Waals surface area contributed by atoms with E-state index in [1.807, 2.05) is 11.0 Å². The van der Waals surface area contributed by atoms with Crippen molar-refractivity contribution in [3.05, 3.63) is 57.8 Å². The fourth-order valence-electron chi connectivity index (χ4n) is 3.12. The summed E-state index contributed by atoms with van der Waals surface area (Å²) < 4.78 is 0. The second-order valence-electron chi connectivity index (χ2n) is 6.46. The van der Waals surface area contributed by atoms with Gasteiger partial charge in [-0.15, -0.1) is 11.3 Å². The predicted octanol–water partition coefficient (Wildman–Crippen LogP) is 2.56. The molecule has 6 heteroatoms. The Hall–Kier alpha value is -2.34. The number of nitrogens with two attached hydrogens (primary N) is 1. The summed E-state index contributed by atoms with van der Waals surface area (Å²) >= 11 is 1.75. The van der Waals surface area contributed by atoms with Crippen molar-refractivity contribution in [2.75, 3.05) is 19.6 Å². The Labute approximate surface area is 158 Å². The van der Waals surface area contributed by atoms with E-state index in [2.05, 4.69) is 46.0 Å². The van der Waals surface area contributed by atoms with Crippen LogP contribution in [0.15, 0.2) is 46.8 Å². The van der Waals surface area contributed by atoms with Crippen molar-refractivity contribution >= 4 is 23.2 Å². The molecule has 26 heavy (non-hydrogen) atoms. The van der Waals surface area contributed by atoms with Crippen LogP contribution in [0.1, 0.15) is 28.8 Å². The Morgan fingerprint density at radius 2 is 2.08 bits per heavy atom. The Kier molecular flexibility index (Phi) is 6.66. The van der Waals surface area contributed by atoms with Gasteiger partial charge in [-0.25, -0.2) is 0 Å². The van der Waals surface area contributed by atoms with Gasteiger partial charge in [-0.3, -0.25) is 9.79 Å². The maximum absolute atomic E-state index is 12.4. The van der Waals surface area contributed by atoms with Crippen molar-refractivity contribution in [2.24, 2.45) is 10.7 Å². The largest absolute Gasteiger partial charge is 0.370 e. The van der Waals surface area contributed by atoms with Crippen LogP contribution in [-0.4, -0.2) is 36.4 Å². The van der Waals surface area contributed by atoms with E-state index in [1.165, 1.54) is 16.0 Å². The molecule has 1 aromatic heterocycles. The van der Waals surface area contributed by atoms with Gasteiger partial charge in [0, 0.05) is 37.5 Å². The summed E-state index contributed by atoms with van der Waals surface area (Å²) in [5.41, 5.74) is 8.50. The van der Waals surface area contributed by atoms with E-state index in [-0.39, 0.29) is 5.91 Å². The van der Waals surface area contributed by atoms with Crippen LogP contribution in [0.2, 0.25) is 0 Å². The van der Waals surface area contributed by atoms with Gasteiger partial charge in [0.15, 0.2) is 5.96 Å². The number of benzene rings is 1. The maximum Gasteiger partial charge on any atom is 0.222 e. The summed E-state index contributed by atoms with van der Waals surface area (Å²) in [5.74, 6) is 0.667. The monoisotopic (exact) mass is 370 g/mol. The fraction of sp³-hybridized carbons (Fsp3) is 0.400. The van der Waals surface area contributed by atoms with E-state index in [4.69, 9.17) is 5.73 Å². The summed E-state index contributed by atoms with van der Waals surface area (Å²) in [4.78, 5) is 20.0. The zero-order chi connectivity index (χ0) is 18.2. The number of carbonyl (C=O) groups is 1. The SMILES string of the molecule is NC(=NCCCC(=O)N1CCc2ccccc2C1)NCCc1cccs1. The highest BCUT2D eigenvalue weighted by Gasteiger charge is 2.19. The van der Waals surface area contributed by atoms with E-state index in [1.54, 1.807) is 11.3 Å². The number of amides is 1. The molecule has 0 radical (unpaired) electrons. The first-order chi connectivity index (χ1) is 12.7. The summed E-state index contributed by atoms with van der Waals surface area (Å²) in [7, 11) is 0. The summed E-state index contributed by atoms with van der Waals surface area (Å²) in [5, 5.41) is 5.20. The Balaban J connectivity index is 1.33. The lowest BCUT2D eigenvalue weighted by Gasteiger charge is -2.28. The number of hydrogen-bond acceptors (Lipinski definition) is 3. The first-order valence-electron chi connectivity index (χ1n) is 9.13. The topological polar surface area (TPSA) is 70.7 Å². The summed E-state index contributed by atoms with van der Waals surface area (Å²) in [6.45, 7) is 2.90. The molecule has 5 nitrogen and oxygen atoms in total. The molecule has 0 unspecified atom stereocenters. The molecule has 1 aromatic carbocycles. The average Bonchev–Trinajstić information content (AvgIpc) is 3.18. The first kappa shape index (κ1) is 18.5. The number of fused-ring (bicyclic) bond motifs is 1. The molecule has 1 aliphatic heterocycles. The van der Waals surface area contributed by atoms with E-state index in [0.29, 0.717) is 18.9 Å². The van der Waals surface area contributed by atoms with E-state index in [9.17, 15) is 4.79 Å². The molecule has 0 bridgehead atoms. The molecular weight excluding hydrogens is 344 g/mol. The van der Waals surface area contributed by atoms with Crippen LogP contribution in [0.3, 0.4) is 0 Å². The molecule has 0 fully saturated rings. The Morgan fingerprint density at radius 1 is 1.23 bits per heavy atom. The van der Waals surface area contributed by atoms with Gasteiger partial charge < -0.3 is 16.0 Å². The lowest BCUT2D eigenvalue weighted by molar-refractivity contribution is -0.132. The number of aliphatic imine (C=N–C) groups is 1. The van der Waals surface area contributed by atoms with Gasteiger partial charge in [-0.05, 0) is 41.8 Å². The van der Waals surface area contributed by atoms with Crippen molar-refractivity contribution in [1.82, 2.24) is 10.2 Å². The van der Waals surface area contributed by atoms with Gasteiger partial charge in [0.1, 0.15) is 0 Å². The van der Waals surface area contributed by atoms with Crippen molar-refractivity contribution in [2.45, 2.75) is 32.2 Å². The molecule has 0 aliphatic carbocycles. The van der Waals surface area contributed by atoms with Crippen LogP contribution in [0.5, 0.6) is 0 Å². The molecule has 3 rings (SSSR count). The maximum atomic E-state index is 12.4. The zero-order valence-corrected chi connectivity index (χ0v) is 15.8. The van der Waals surface area contributed by atoms with Crippen LogP contribution in [0.25, 0.3) is 0 Å². The highest BCUT2D eigenvalue weighted by Crippen LogP contribution is 2.19. The van der Waals surface area contributed by atoms with Crippen LogP contribution < -0.4 is 11.1 Å². The van der Waals surface area contributed by atoms with Crippen LogP contribution >= 0.6 is 11.3 Å². The molecule has 1 aliphatic rings. The first-order valence-corrected chi connectivity index (χ1v) is 10.0. The molecule has 1 amide bonds. The van der Waals surface area contributed by atoms with Gasteiger partial charge in [0.25, 0.3) is 0 Å². The van der Waals surface area contributed by atoms with Gasteiger partial charge in [0.2, 0.25) is 5.91 Å². The van der Waals surface area contributed by atoms with Crippen molar-refractivity contribution in [1.29, 1.82) is 0 Å². The van der Waals surface area contributed by atoms with Crippen LogP contribution in [-0.2, 0) is 24.2 Å². The Morgan fingerprint density at radius 3 is 2.88 bits per heavy atom. The number of rotatable bonds is 7. The minimum Gasteiger partial charge on any atom is -0.370 e. The van der Waals surface area contributed by atoms with Crippen molar-refractivity contribution in [3.8, 4) is 0 Å². The summed E-state index contributed by atoms with van der Waals surface area (Å²) in [6, 6.07) is 12.5. The molecule has 0 saturated heterocycles. The van der Waals surface area contributed by atoms with Crippen molar-refractivity contribution < 1.29 is 4.79 Å². The minimum atomic E-state index is 0.207. The number of carbonyl (C=O) groups excluding carboxylic acids is 1. The van der Waals surface area contributed by atoms with E-state index in [0.717, 1.165) is 38.9 Å². The number of hydrogen-bond donors (Lipinski definition) is 2. The molecule has 0 atom stereocenters. The predicted molar refractivity (Wildman–Crippen MR) is 107 cm³/mol. The number of nitrogens with zero attached hydrogens (tertiary/aromatic N) is 2. The van der Waals surface area contributed by atoms with Gasteiger partial charge in [0.05, 0.1) is 0 Å². The Bertz CT molecular complexity index is 742. The standard InChI is InChI=1S/C20H26N4OS/c21-20(23-12-9-18-7-4-14-26-18)22-11-3-8-19(25)24-13-10-16-5-1-2-6-17(16)15-24/h1-2,4-7,14H,3,8-13,15H2,(H3,21,22,23). The quantitative estimate of drug-likeness (QED) is 0.447. The lowest BCUT2D eigenvalue weighted by atomic mass is 9.99. The molecule has 0 saturated carbocycles. The second-order valence-corrected chi connectivity index (χ2v) is 7.49. The zero-order valence-electron chi connectivity index (χ0n) is 15.0. The molecular formula is C20H26N4OS. The van der Waals surface area contributed by atoms with Gasteiger partial charge >= 0.3 is 0 Å². The normalized spacial score (nSPS) is 14.2. The fourth-order valence-corrected chi connectivity index (χ4v) is 3.83. The third-order valence-electron chi connectivity index (χ3n) is 4.57.